The molecule has 0 radical (unpaired) electrons. The molecule has 0 amide bonds. The summed E-state index contributed by atoms with van der Waals surface area (Å²) in [4.78, 5) is 23.6. The molecule has 0 aromatic heterocycles. The third-order valence-corrected chi connectivity index (χ3v) is 6.70. The Bertz CT molecular complexity index is 436. The van der Waals surface area contributed by atoms with Crippen molar-refractivity contribution in [3.8, 4) is 0 Å². The minimum Gasteiger partial charge on any atom is -1.00 e. The number of carbonyl (C=O) groups excluding carboxylic acids is 2. The molecule has 4 heteroatoms. The Morgan fingerprint density at radius 3 is 0.853 bits per heavy atom. The maximum Gasteiger partial charge on any atom is 2.00 e. The average Bonchev–Trinajstić information content (AvgIpc) is 2.80. The Hall–Kier alpha value is -0.0938. The predicted octanol–water partition coefficient (Wildman–Crippen LogP) is 10.1. The monoisotopic (exact) mass is 492 g/mol. The van der Waals surface area contributed by atoms with Gasteiger partial charge in [0.2, 0.25) is 0 Å². The summed E-state index contributed by atoms with van der Waals surface area (Å²) in [6, 6.07) is 0. The number of hydrogen-bond acceptors (Lipinski definition) is 3. The van der Waals surface area contributed by atoms with E-state index in [9.17, 15) is 9.59 Å². The number of carbonyl (C=O) groups is 2. The first-order valence-corrected chi connectivity index (χ1v) is 14.9. The quantitative estimate of drug-likeness (QED) is 0.0521. The van der Waals surface area contributed by atoms with Crippen LogP contribution in [-0.4, -0.2) is 35.0 Å². The van der Waals surface area contributed by atoms with Crippen molar-refractivity contribution < 1.29 is 17.2 Å². The van der Waals surface area contributed by atoms with E-state index in [1.165, 1.54) is 128 Å². The topological polar surface area (TPSA) is 43.4 Å². The largest absolute Gasteiger partial charge is 2.00 e. The minimum absolute atomic E-state index is 0. The molecular weight excluding hydrogens is 433 g/mol. The van der Waals surface area contributed by atoms with E-state index >= 15 is 0 Å². The van der Waals surface area contributed by atoms with Gasteiger partial charge in [-0.2, -0.15) is 0 Å². The zero-order chi connectivity index (χ0) is 24.2. The van der Waals surface area contributed by atoms with Crippen LogP contribution in [0.2, 0.25) is 0 Å². The normalized spacial score (nSPS) is 10.8. The molecule has 0 bridgehead atoms. The van der Waals surface area contributed by atoms with Gasteiger partial charge in [-0.15, -0.1) is 0 Å². The zero-order valence-corrected chi connectivity index (χ0v) is 24.7. The summed E-state index contributed by atoms with van der Waals surface area (Å²) >= 11 is 0. The Kier molecular flexibility index (Phi) is 32.8. The van der Waals surface area contributed by atoms with E-state index in [2.05, 4.69) is 13.8 Å². The van der Waals surface area contributed by atoms with Gasteiger partial charge in [0.1, 0.15) is 0 Å². The van der Waals surface area contributed by atoms with Crippen LogP contribution in [0.3, 0.4) is 0 Å². The molecule has 0 aromatic rings. The molecule has 0 aromatic carbocycles. The smallest absolute Gasteiger partial charge is 1.00 e. The molecule has 200 valence electrons. The molecule has 0 aliphatic heterocycles. The van der Waals surface area contributed by atoms with Crippen molar-refractivity contribution in [2.45, 2.75) is 181 Å². The Morgan fingerprint density at radius 1 is 0.412 bits per heavy atom. The molecule has 0 aliphatic carbocycles. The molecule has 0 heterocycles. The maximum absolute atomic E-state index is 11.8. The van der Waals surface area contributed by atoms with Crippen molar-refractivity contribution in [1.82, 2.24) is 0 Å². The second-order valence-corrected chi connectivity index (χ2v) is 10.1. The van der Waals surface area contributed by atoms with Crippen molar-refractivity contribution in [2.75, 3.05) is 0 Å². The summed E-state index contributed by atoms with van der Waals surface area (Å²) in [5.41, 5.74) is 0. The standard InChI is InChI=1S/C30H58O3.Mg.2H/c1-3-5-7-9-11-13-15-16-18-20-22-24-26-28-30(32)33-29(31)27-25-23-21-19-17-14-12-10-8-6-4-2;;;/h3-28H2,1-2H3;;;/q;+2;2*-1. The number of hydrogen-bond donors (Lipinski definition) is 0. The van der Waals surface area contributed by atoms with E-state index < -0.39 is 0 Å². The van der Waals surface area contributed by atoms with Crippen LogP contribution in [0.1, 0.15) is 184 Å². The van der Waals surface area contributed by atoms with Gasteiger partial charge in [-0.3, -0.25) is 9.59 Å². The van der Waals surface area contributed by atoms with E-state index in [0.29, 0.717) is 12.8 Å². The molecule has 0 N–H and O–H groups in total. The Morgan fingerprint density at radius 2 is 0.618 bits per heavy atom. The molecule has 0 unspecified atom stereocenters. The number of esters is 2. The van der Waals surface area contributed by atoms with Crippen LogP contribution in [0, 0.1) is 0 Å². The molecule has 34 heavy (non-hydrogen) atoms. The number of unbranched alkanes of at least 4 members (excludes halogenated alkanes) is 22. The molecule has 0 atom stereocenters. The van der Waals surface area contributed by atoms with Crippen LogP contribution in [0.5, 0.6) is 0 Å². The molecule has 0 saturated carbocycles. The second kappa shape index (κ2) is 30.9. The molecule has 0 fully saturated rings. The predicted molar refractivity (Wildman–Crippen MR) is 150 cm³/mol. The van der Waals surface area contributed by atoms with Gasteiger partial charge in [-0.05, 0) is 12.8 Å². The van der Waals surface area contributed by atoms with Gasteiger partial charge in [-0.25, -0.2) is 0 Å². The van der Waals surface area contributed by atoms with E-state index in [4.69, 9.17) is 4.74 Å². The van der Waals surface area contributed by atoms with E-state index in [-0.39, 0.29) is 37.8 Å². The van der Waals surface area contributed by atoms with Gasteiger partial charge in [0.05, 0.1) is 0 Å². The summed E-state index contributed by atoms with van der Waals surface area (Å²) in [6.07, 6.45) is 31.4. The fourth-order valence-corrected chi connectivity index (χ4v) is 4.45. The second-order valence-electron chi connectivity index (χ2n) is 10.1. The number of ether oxygens (including phenoxy) is 1. The molecule has 0 saturated heterocycles. The number of rotatable bonds is 26. The minimum atomic E-state index is -0.328. The summed E-state index contributed by atoms with van der Waals surface area (Å²) < 4.78 is 4.97. The maximum atomic E-state index is 11.8. The van der Waals surface area contributed by atoms with Gasteiger partial charge in [0, 0.05) is 12.8 Å². The van der Waals surface area contributed by atoms with Gasteiger partial charge < -0.3 is 7.59 Å². The van der Waals surface area contributed by atoms with Crippen molar-refractivity contribution >= 4 is 35.0 Å². The Labute approximate surface area is 232 Å². The van der Waals surface area contributed by atoms with Crippen molar-refractivity contribution in [3.05, 3.63) is 0 Å². The van der Waals surface area contributed by atoms with Crippen LogP contribution in [0.25, 0.3) is 0 Å². The van der Waals surface area contributed by atoms with Crippen molar-refractivity contribution in [3.63, 3.8) is 0 Å². The van der Waals surface area contributed by atoms with E-state index in [1.54, 1.807) is 0 Å². The van der Waals surface area contributed by atoms with Gasteiger partial charge in [0.25, 0.3) is 0 Å². The van der Waals surface area contributed by atoms with Crippen molar-refractivity contribution in [2.24, 2.45) is 0 Å². The third kappa shape index (κ3) is 29.9. The van der Waals surface area contributed by atoms with Crippen LogP contribution < -0.4 is 0 Å². The van der Waals surface area contributed by atoms with Gasteiger partial charge in [0.15, 0.2) is 0 Å². The third-order valence-electron chi connectivity index (χ3n) is 6.70. The molecule has 3 nitrogen and oxygen atoms in total. The Balaban J connectivity index is -0.00000171. The summed E-state index contributed by atoms with van der Waals surface area (Å²) in [5, 5.41) is 0. The van der Waals surface area contributed by atoms with Crippen LogP contribution in [0.4, 0.5) is 0 Å². The molecule has 0 spiro atoms. The van der Waals surface area contributed by atoms with Crippen molar-refractivity contribution in [1.29, 1.82) is 0 Å². The van der Waals surface area contributed by atoms with Crippen LogP contribution >= 0.6 is 0 Å². The SMILES string of the molecule is CCCCCCCCCCCCCCCC(=O)OC(=O)CCCCCCCCCCCCC.[H-].[H-].[Mg+2]. The fraction of sp³-hybridized carbons (Fsp3) is 0.933. The average molecular weight is 493 g/mol. The van der Waals surface area contributed by atoms with E-state index in [1.807, 2.05) is 0 Å². The van der Waals surface area contributed by atoms with Crippen LogP contribution in [-0.2, 0) is 14.3 Å². The molecule has 0 aliphatic rings. The first-order chi connectivity index (χ1) is 16.2. The molecular formula is C30H60MgO3. The van der Waals surface area contributed by atoms with Gasteiger partial charge in [-0.1, -0.05) is 155 Å². The fourth-order valence-electron chi connectivity index (χ4n) is 4.45. The van der Waals surface area contributed by atoms with Crippen LogP contribution in [0.15, 0.2) is 0 Å². The zero-order valence-electron chi connectivity index (χ0n) is 25.3. The van der Waals surface area contributed by atoms with Gasteiger partial charge >= 0.3 is 35.0 Å². The van der Waals surface area contributed by atoms with E-state index in [0.717, 1.165) is 25.7 Å². The molecule has 0 rings (SSSR count). The first kappa shape index (κ1) is 36.1. The first-order valence-electron chi connectivity index (χ1n) is 14.9. The summed E-state index contributed by atoms with van der Waals surface area (Å²) in [6.45, 7) is 4.52. The summed E-state index contributed by atoms with van der Waals surface area (Å²) in [5.74, 6) is -0.656. The summed E-state index contributed by atoms with van der Waals surface area (Å²) in [7, 11) is 0.